The van der Waals surface area contributed by atoms with Gasteiger partial charge in [-0.1, -0.05) is 27.7 Å². The van der Waals surface area contributed by atoms with Gasteiger partial charge in [-0.15, -0.1) is 0 Å². The van der Waals surface area contributed by atoms with Crippen LogP contribution in [0.25, 0.3) is 0 Å². The number of nitrogens with two attached hydrogens (primary N) is 3. The number of amides is 8. The number of aliphatic hydroxyl groups excluding tert-OH is 1. The van der Waals surface area contributed by atoms with Gasteiger partial charge in [-0.2, -0.15) is 37.0 Å². The molecule has 0 unspecified atom stereocenters. The minimum atomic E-state index is -1.54. The van der Waals surface area contributed by atoms with E-state index in [4.69, 9.17) is 17.2 Å². The average molecular weight is 996 g/mol. The van der Waals surface area contributed by atoms with Crippen LogP contribution in [-0.4, -0.2) is 161 Å². The normalized spacial score (nSPS) is 15.4. The van der Waals surface area contributed by atoms with Crippen molar-refractivity contribution in [2.45, 2.75) is 147 Å². The maximum atomic E-state index is 14.1. The number of carbonyl (C=O) groups is 9. The Labute approximate surface area is 403 Å². The van der Waals surface area contributed by atoms with Gasteiger partial charge in [0.2, 0.25) is 47.3 Å². The first kappa shape index (κ1) is 62.1. The summed E-state index contributed by atoms with van der Waals surface area (Å²) in [7, 11) is 0. The molecule has 380 valence electrons. The number of hydrogen-bond donors (Lipinski definition) is 15. The molecule has 0 aromatic rings. The van der Waals surface area contributed by atoms with E-state index in [9.17, 15) is 53.4 Å². The Hall–Kier alpha value is -3.88. The van der Waals surface area contributed by atoms with E-state index in [2.05, 4.69) is 67.8 Å². The smallest absolute Gasteiger partial charge is 0.327 e. The molecular weight excluding hydrogens is 919 g/mol. The summed E-state index contributed by atoms with van der Waals surface area (Å²) in [5.41, 5.74) is 17.1. The lowest BCUT2D eigenvalue weighted by atomic mass is 9.99. The lowest BCUT2D eigenvalue weighted by Crippen LogP contribution is -2.60. The molecule has 16 N–H and O–H groups in total. The first-order chi connectivity index (χ1) is 31.1. The largest absolute Gasteiger partial charge is 0.480 e. The summed E-state index contributed by atoms with van der Waals surface area (Å²) in [6.45, 7) is 8.34. The van der Waals surface area contributed by atoms with E-state index in [1.165, 1.54) is 18.7 Å². The molecule has 25 heteroatoms. The minimum Gasteiger partial charge on any atom is -0.480 e. The van der Waals surface area contributed by atoms with E-state index in [0.717, 1.165) is 0 Å². The highest BCUT2D eigenvalue weighted by molar-refractivity contribution is 7.98. The maximum absolute atomic E-state index is 14.1. The highest BCUT2D eigenvalue weighted by atomic mass is 32.2. The quantitative estimate of drug-likeness (QED) is 0.0226. The molecular formula is C41H77N11O11S3. The summed E-state index contributed by atoms with van der Waals surface area (Å²) in [5.74, 6) is -7.37. The van der Waals surface area contributed by atoms with Crippen LogP contribution in [0.2, 0.25) is 0 Å². The van der Waals surface area contributed by atoms with Gasteiger partial charge in [0.25, 0.3) is 0 Å². The van der Waals surface area contributed by atoms with Crippen molar-refractivity contribution < 1.29 is 53.4 Å². The molecule has 0 spiro atoms. The van der Waals surface area contributed by atoms with Crippen LogP contribution in [0.5, 0.6) is 0 Å². The Kier molecular flexibility index (Phi) is 32.4. The van der Waals surface area contributed by atoms with Crippen molar-refractivity contribution in [3.8, 4) is 0 Å². The van der Waals surface area contributed by atoms with E-state index >= 15 is 0 Å². The lowest BCUT2D eigenvalue weighted by Gasteiger charge is -2.28. The molecule has 22 nitrogen and oxygen atoms in total. The van der Waals surface area contributed by atoms with E-state index in [0.29, 0.717) is 38.0 Å². The van der Waals surface area contributed by atoms with Crippen molar-refractivity contribution in [1.29, 1.82) is 0 Å². The molecule has 66 heavy (non-hydrogen) atoms. The Morgan fingerprint density at radius 2 is 0.864 bits per heavy atom. The third kappa shape index (κ3) is 24.8. The second kappa shape index (κ2) is 34.4. The molecule has 0 heterocycles. The number of carboxylic acid groups (broad SMARTS) is 1. The maximum Gasteiger partial charge on any atom is 0.327 e. The highest BCUT2D eigenvalue weighted by Crippen LogP contribution is 2.12. The Balaban J connectivity index is 6.47. The fourth-order valence-electron chi connectivity index (χ4n) is 6.21. The molecule has 0 aliphatic rings. The molecule has 0 saturated heterocycles. The first-order valence-electron chi connectivity index (χ1n) is 22.2. The minimum absolute atomic E-state index is 0.0141. The fraction of sp³-hybridized carbons (Fsp3) is 0.780. The lowest BCUT2D eigenvalue weighted by molar-refractivity contribution is -0.141. The van der Waals surface area contributed by atoms with Crippen LogP contribution in [0, 0.1) is 11.8 Å². The zero-order valence-corrected chi connectivity index (χ0v) is 41.7. The van der Waals surface area contributed by atoms with Gasteiger partial charge >= 0.3 is 5.97 Å². The molecule has 0 aromatic carbocycles. The number of rotatable bonds is 35. The van der Waals surface area contributed by atoms with Crippen molar-refractivity contribution in [3.63, 3.8) is 0 Å². The van der Waals surface area contributed by atoms with Crippen LogP contribution in [0.15, 0.2) is 0 Å². The van der Waals surface area contributed by atoms with Crippen LogP contribution in [0.1, 0.15) is 92.4 Å². The number of nitrogens with one attached hydrogen (secondary N) is 8. The Morgan fingerprint density at radius 3 is 1.21 bits per heavy atom. The molecule has 8 amide bonds. The standard InChI is InChI=1S/C41H77N11O11S3/c1-22(2)17-29(38(59)50-30(18-23(3)4)39(60)52-32(21-65)41(62)63)49-36(57)27(12-8-10-15-43)46-37(58)28(13-16-66-6)48-35(56)26(11-7-9-14-42)47-40(61)31(19-53)51-33(54)24(5)45-34(55)25(44)20-64/h22-32,53,64-65H,7-21,42-44H2,1-6H3,(H,45,55)(H,46,58)(H,47,61)(H,48,56)(H,49,57)(H,50,59)(H,51,54)(H,52,60)(H,62,63)/t24-,25-,26-,27-,28-,29-,30-,31-,32-/m0/s1. The van der Waals surface area contributed by atoms with Crippen LogP contribution in [0.3, 0.4) is 0 Å². The second-order valence-corrected chi connectivity index (χ2v) is 18.5. The summed E-state index contributed by atoms with van der Waals surface area (Å²) in [6.07, 6.45) is 4.09. The summed E-state index contributed by atoms with van der Waals surface area (Å²) < 4.78 is 0. The zero-order chi connectivity index (χ0) is 50.5. The summed E-state index contributed by atoms with van der Waals surface area (Å²) >= 11 is 9.34. The third-order valence-electron chi connectivity index (χ3n) is 9.98. The van der Waals surface area contributed by atoms with Gasteiger partial charge in [-0.25, -0.2) is 4.79 Å². The number of aliphatic hydroxyl groups is 1. The van der Waals surface area contributed by atoms with Crippen molar-refractivity contribution in [3.05, 3.63) is 0 Å². The predicted molar refractivity (Wildman–Crippen MR) is 259 cm³/mol. The number of carbonyl (C=O) groups excluding carboxylic acids is 8. The van der Waals surface area contributed by atoms with Gasteiger partial charge in [0.1, 0.15) is 48.3 Å². The first-order valence-corrected chi connectivity index (χ1v) is 24.9. The molecule has 0 saturated carbocycles. The molecule has 0 aliphatic heterocycles. The fourth-order valence-corrected chi connectivity index (χ4v) is 7.10. The van der Waals surface area contributed by atoms with Crippen LogP contribution in [-0.2, 0) is 43.2 Å². The topological polar surface area (TPSA) is 368 Å². The predicted octanol–water partition coefficient (Wildman–Crippen LogP) is -2.75. The zero-order valence-electron chi connectivity index (χ0n) is 39.1. The molecule has 9 atom stereocenters. The number of thioether (sulfide) groups is 1. The van der Waals surface area contributed by atoms with Crippen molar-refractivity contribution >= 4 is 90.2 Å². The molecule has 0 radical (unpaired) electrons. The molecule has 0 fully saturated rings. The van der Waals surface area contributed by atoms with Gasteiger partial charge in [-0.05, 0) is 102 Å². The molecule has 0 rings (SSSR count). The van der Waals surface area contributed by atoms with Gasteiger partial charge in [-0.3, -0.25) is 38.4 Å². The van der Waals surface area contributed by atoms with Crippen molar-refractivity contribution in [2.75, 3.05) is 43.2 Å². The van der Waals surface area contributed by atoms with Gasteiger partial charge in [0.15, 0.2) is 0 Å². The number of thiol groups is 2. The molecule has 0 aromatic heterocycles. The van der Waals surface area contributed by atoms with Gasteiger partial charge in [0.05, 0.1) is 12.6 Å². The SMILES string of the molecule is CSCC[C@H](NC(=O)[C@H](CCCCN)NC(=O)[C@H](CO)NC(=O)[C@H](C)NC(=O)[C@@H](N)CS)C(=O)N[C@@H](CCCCN)C(=O)N[C@@H](CC(C)C)C(=O)N[C@@H](CC(C)C)C(=O)N[C@@H](CS)C(=O)O. The van der Waals surface area contributed by atoms with E-state index in [1.807, 2.05) is 27.7 Å². The third-order valence-corrected chi connectivity index (χ3v) is 11.4. The summed E-state index contributed by atoms with van der Waals surface area (Å²) in [5, 5.41) is 40.0. The van der Waals surface area contributed by atoms with Crippen LogP contribution >= 0.6 is 37.0 Å². The van der Waals surface area contributed by atoms with Gasteiger partial charge < -0.3 is 69.9 Å². The van der Waals surface area contributed by atoms with E-state index in [-0.39, 0.29) is 62.0 Å². The number of hydrogen-bond acceptors (Lipinski definition) is 16. The second-order valence-electron chi connectivity index (χ2n) is 16.8. The number of unbranched alkanes of at least 4 members (excludes halogenated alkanes) is 2. The van der Waals surface area contributed by atoms with E-state index < -0.39 is 114 Å². The van der Waals surface area contributed by atoms with Crippen LogP contribution in [0.4, 0.5) is 0 Å². The van der Waals surface area contributed by atoms with Crippen molar-refractivity contribution in [1.82, 2.24) is 42.5 Å². The average Bonchev–Trinajstić information content (AvgIpc) is 3.26. The summed E-state index contributed by atoms with van der Waals surface area (Å²) in [6, 6.07) is -11.0. The number of carboxylic acids is 1. The van der Waals surface area contributed by atoms with E-state index in [1.54, 1.807) is 6.26 Å². The Morgan fingerprint density at radius 1 is 0.500 bits per heavy atom. The van der Waals surface area contributed by atoms with Crippen LogP contribution < -0.4 is 59.7 Å². The molecule has 0 aliphatic carbocycles. The summed E-state index contributed by atoms with van der Waals surface area (Å²) in [4.78, 5) is 119. The monoisotopic (exact) mass is 995 g/mol. The van der Waals surface area contributed by atoms with Crippen molar-refractivity contribution in [2.24, 2.45) is 29.0 Å². The molecule has 0 bridgehead atoms. The number of aliphatic carboxylic acids is 1. The Bertz CT molecular complexity index is 1570. The van der Waals surface area contributed by atoms with Gasteiger partial charge in [0, 0.05) is 11.5 Å². The highest BCUT2D eigenvalue weighted by Gasteiger charge is 2.34.